The summed E-state index contributed by atoms with van der Waals surface area (Å²) in [5.41, 5.74) is 2.55. The quantitative estimate of drug-likeness (QED) is 0.845. The average molecular weight is 277 g/mol. The first-order chi connectivity index (χ1) is 9.19. The molecule has 98 valence electrons. The van der Waals surface area contributed by atoms with Gasteiger partial charge in [-0.15, -0.1) is 0 Å². The summed E-state index contributed by atoms with van der Waals surface area (Å²) in [6, 6.07) is 3.91. The van der Waals surface area contributed by atoms with Crippen molar-refractivity contribution in [1.82, 2.24) is 9.97 Å². The van der Waals surface area contributed by atoms with Crippen molar-refractivity contribution in [2.24, 2.45) is 0 Å². The van der Waals surface area contributed by atoms with Gasteiger partial charge < -0.3 is 9.47 Å². The maximum Gasteiger partial charge on any atom is 0.155 e. The van der Waals surface area contributed by atoms with Gasteiger partial charge in [-0.3, -0.25) is 4.98 Å². The highest BCUT2D eigenvalue weighted by atomic mass is 35.5. The van der Waals surface area contributed by atoms with Crippen LogP contribution in [0.4, 0.5) is 0 Å². The number of methoxy groups -OCH3 is 1. The van der Waals surface area contributed by atoms with Crippen LogP contribution in [0, 0.1) is 0 Å². The minimum Gasteiger partial charge on any atom is -0.496 e. The molecule has 1 unspecified atom stereocenters. The molecule has 0 fully saturated rings. The van der Waals surface area contributed by atoms with Gasteiger partial charge in [0, 0.05) is 29.9 Å². The molecule has 0 amide bonds. The standard InChI is InChI=1S/C14H13ClN2O2/c1-8-5-9-6-12(18-2)10(7-11(9)19-8)13-14(15)17-4-3-16-13/h3-4,6-8H,5H2,1-2H3. The van der Waals surface area contributed by atoms with E-state index in [9.17, 15) is 0 Å². The third-order valence-corrected chi connectivity index (χ3v) is 3.40. The van der Waals surface area contributed by atoms with Crippen LogP contribution < -0.4 is 9.47 Å². The van der Waals surface area contributed by atoms with Crippen molar-refractivity contribution in [3.63, 3.8) is 0 Å². The van der Waals surface area contributed by atoms with Gasteiger partial charge in [-0.1, -0.05) is 11.6 Å². The predicted molar refractivity (Wildman–Crippen MR) is 72.8 cm³/mol. The van der Waals surface area contributed by atoms with Crippen molar-refractivity contribution in [2.45, 2.75) is 19.4 Å². The highest BCUT2D eigenvalue weighted by Crippen LogP contribution is 2.40. The van der Waals surface area contributed by atoms with Crippen LogP contribution in [-0.4, -0.2) is 23.2 Å². The van der Waals surface area contributed by atoms with Gasteiger partial charge in [0.05, 0.1) is 7.11 Å². The predicted octanol–water partition coefficient (Wildman–Crippen LogP) is 3.13. The van der Waals surface area contributed by atoms with Gasteiger partial charge in [0.15, 0.2) is 5.15 Å². The SMILES string of the molecule is COc1cc2c(cc1-c1nccnc1Cl)OC(C)C2. The van der Waals surface area contributed by atoms with Gasteiger partial charge in [0.2, 0.25) is 0 Å². The van der Waals surface area contributed by atoms with Gasteiger partial charge >= 0.3 is 0 Å². The van der Waals surface area contributed by atoms with E-state index in [-0.39, 0.29) is 6.10 Å². The number of hydrogen-bond acceptors (Lipinski definition) is 4. The number of fused-ring (bicyclic) bond motifs is 1. The number of ether oxygens (including phenoxy) is 2. The molecule has 19 heavy (non-hydrogen) atoms. The monoisotopic (exact) mass is 276 g/mol. The molecular formula is C14H13ClN2O2. The van der Waals surface area contributed by atoms with Gasteiger partial charge in [-0.05, 0) is 19.1 Å². The van der Waals surface area contributed by atoms with E-state index in [1.807, 2.05) is 19.1 Å². The lowest BCUT2D eigenvalue weighted by atomic mass is 10.0. The van der Waals surface area contributed by atoms with E-state index in [4.69, 9.17) is 21.1 Å². The zero-order valence-corrected chi connectivity index (χ0v) is 11.4. The summed E-state index contributed by atoms with van der Waals surface area (Å²) >= 11 is 6.10. The second kappa shape index (κ2) is 4.70. The van der Waals surface area contributed by atoms with Gasteiger partial charge in [0.1, 0.15) is 23.3 Å². The fourth-order valence-electron chi connectivity index (χ4n) is 2.30. The summed E-state index contributed by atoms with van der Waals surface area (Å²) < 4.78 is 11.2. The summed E-state index contributed by atoms with van der Waals surface area (Å²) in [6.07, 6.45) is 4.24. The largest absolute Gasteiger partial charge is 0.496 e. The Kier molecular flexibility index (Phi) is 3.03. The molecule has 3 rings (SSSR count). The fourth-order valence-corrected chi connectivity index (χ4v) is 2.50. The lowest BCUT2D eigenvalue weighted by Crippen LogP contribution is -2.05. The van der Waals surface area contributed by atoms with Crippen molar-refractivity contribution >= 4 is 11.6 Å². The molecule has 2 heterocycles. The Morgan fingerprint density at radius 2 is 2.11 bits per heavy atom. The van der Waals surface area contributed by atoms with Crippen LogP contribution in [0.2, 0.25) is 5.15 Å². The van der Waals surface area contributed by atoms with Crippen molar-refractivity contribution in [3.05, 3.63) is 35.2 Å². The Balaban J connectivity index is 2.17. The highest BCUT2D eigenvalue weighted by Gasteiger charge is 2.23. The topological polar surface area (TPSA) is 44.2 Å². The van der Waals surface area contributed by atoms with E-state index in [0.29, 0.717) is 10.8 Å². The molecule has 0 N–H and O–H groups in total. The summed E-state index contributed by atoms with van der Waals surface area (Å²) in [7, 11) is 1.63. The molecular weight excluding hydrogens is 264 g/mol. The van der Waals surface area contributed by atoms with E-state index < -0.39 is 0 Å². The van der Waals surface area contributed by atoms with Crippen molar-refractivity contribution < 1.29 is 9.47 Å². The lowest BCUT2D eigenvalue weighted by molar-refractivity contribution is 0.254. The molecule has 1 atom stereocenters. The normalized spacial score (nSPS) is 16.9. The Hall–Kier alpha value is -1.81. The summed E-state index contributed by atoms with van der Waals surface area (Å²) in [5, 5.41) is 0.354. The van der Waals surface area contributed by atoms with Crippen molar-refractivity contribution in [2.75, 3.05) is 7.11 Å². The van der Waals surface area contributed by atoms with Crippen molar-refractivity contribution in [1.29, 1.82) is 0 Å². The molecule has 0 bridgehead atoms. The zero-order chi connectivity index (χ0) is 13.4. The minimum absolute atomic E-state index is 0.187. The van der Waals surface area contributed by atoms with Crippen LogP contribution in [0.25, 0.3) is 11.3 Å². The van der Waals surface area contributed by atoms with Crippen LogP contribution in [0.3, 0.4) is 0 Å². The van der Waals surface area contributed by atoms with Crippen LogP contribution in [0.5, 0.6) is 11.5 Å². The van der Waals surface area contributed by atoms with E-state index in [1.54, 1.807) is 19.5 Å². The first-order valence-corrected chi connectivity index (χ1v) is 6.41. The number of halogens is 1. The van der Waals surface area contributed by atoms with E-state index in [2.05, 4.69) is 9.97 Å². The molecule has 5 heteroatoms. The molecule has 2 aromatic rings. The van der Waals surface area contributed by atoms with Crippen LogP contribution in [0.1, 0.15) is 12.5 Å². The molecule has 0 aliphatic carbocycles. The zero-order valence-electron chi connectivity index (χ0n) is 10.7. The van der Waals surface area contributed by atoms with Crippen LogP contribution in [0.15, 0.2) is 24.5 Å². The molecule has 1 aliphatic rings. The Labute approximate surface area is 116 Å². The fraction of sp³-hybridized carbons (Fsp3) is 0.286. The summed E-state index contributed by atoms with van der Waals surface area (Å²) in [6.45, 7) is 2.04. The average Bonchev–Trinajstić information content (AvgIpc) is 2.77. The molecule has 0 radical (unpaired) electrons. The Morgan fingerprint density at radius 1 is 1.32 bits per heavy atom. The first-order valence-electron chi connectivity index (χ1n) is 6.03. The molecule has 0 spiro atoms. The third kappa shape index (κ3) is 2.12. The second-order valence-electron chi connectivity index (χ2n) is 4.49. The van der Waals surface area contributed by atoms with E-state index >= 15 is 0 Å². The second-order valence-corrected chi connectivity index (χ2v) is 4.85. The highest BCUT2D eigenvalue weighted by molar-refractivity contribution is 6.31. The van der Waals surface area contributed by atoms with Gasteiger partial charge in [0.25, 0.3) is 0 Å². The van der Waals surface area contributed by atoms with E-state index in [1.165, 1.54) is 0 Å². The van der Waals surface area contributed by atoms with Crippen molar-refractivity contribution in [3.8, 4) is 22.8 Å². The molecule has 1 aromatic carbocycles. The summed E-state index contributed by atoms with van der Waals surface area (Å²) in [4.78, 5) is 8.32. The molecule has 1 aliphatic heterocycles. The maximum absolute atomic E-state index is 6.10. The Morgan fingerprint density at radius 3 is 2.84 bits per heavy atom. The number of hydrogen-bond donors (Lipinski definition) is 0. The number of aromatic nitrogens is 2. The number of benzene rings is 1. The molecule has 0 saturated heterocycles. The Bertz CT molecular complexity index is 631. The molecule has 0 saturated carbocycles. The number of nitrogens with zero attached hydrogens (tertiary/aromatic N) is 2. The molecule has 4 nitrogen and oxygen atoms in total. The number of rotatable bonds is 2. The third-order valence-electron chi connectivity index (χ3n) is 3.13. The molecule has 1 aromatic heterocycles. The van der Waals surface area contributed by atoms with E-state index in [0.717, 1.165) is 29.0 Å². The minimum atomic E-state index is 0.187. The van der Waals surface area contributed by atoms with Crippen LogP contribution >= 0.6 is 11.6 Å². The smallest absolute Gasteiger partial charge is 0.155 e. The summed E-state index contributed by atoms with van der Waals surface area (Å²) in [5.74, 6) is 1.60. The first kappa shape index (κ1) is 12.2. The lowest BCUT2D eigenvalue weighted by Gasteiger charge is -2.11. The van der Waals surface area contributed by atoms with Gasteiger partial charge in [-0.2, -0.15) is 0 Å². The maximum atomic E-state index is 6.10. The van der Waals surface area contributed by atoms with Gasteiger partial charge in [-0.25, -0.2) is 4.98 Å². The van der Waals surface area contributed by atoms with Crippen LogP contribution in [-0.2, 0) is 6.42 Å².